The normalized spacial score (nSPS) is 8.82. The van der Waals surface area contributed by atoms with Gasteiger partial charge in [-0.1, -0.05) is 45.6 Å². The van der Waals surface area contributed by atoms with Gasteiger partial charge >= 0.3 is 5.97 Å². The Morgan fingerprint density at radius 3 is 2.12 bits per heavy atom. The van der Waals surface area contributed by atoms with E-state index in [0.717, 1.165) is 12.8 Å². The van der Waals surface area contributed by atoms with Gasteiger partial charge in [0.1, 0.15) is 7.11 Å². The summed E-state index contributed by atoms with van der Waals surface area (Å²) in [5, 5.41) is 10.5. The molecule has 1 N–H and O–H groups in total. The number of rotatable bonds is 9. The van der Waals surface area contributed by atoms with E-state index in [1.807, 2.05) is 5.34 Å². The summed E-state index contributed by atoms with van der Waals surface area (Å²) in [6, 6.07) is 0. The van der Waals surface area contributed by atoms with Crippen LogP contribution >= 0.6 is 0 Å². The molecule has 0 fully saturated rings. The highest BCUT2D eigenvalue weighted by Crippen LogP contribution is 2.10. The fourth-order valence-corrected chi connectivity index (χ4v) is 1.23. The van der Waals surface area contributed by atoms with Gasteiger partial charge in [0.05, 0.1) is 0 Å². The van der Waals surface area contributed by atoms with E-state index in [-0.39, 0.29) is 0 Å². The fraction of sp³-hybridized carbons (Fsp3) is 0.750. The summed E-state index contributed by atoms with van der Waals surface area (Å²) in [6.45, 7) is 5.68. The predicted molar refractivity (Wildman–Crippen MR) is 67.6 cm³/mol. The molecule has 0 radical (unpaired) electrons. The monoisotopic (exact) mass is 245 g/mol. The summed E-state index contributed by atoms with van der Waals surface area (Å²) in [6.07, 6.45) is 7.78. The minimum atomic E-state index is -0.853. The number of unbranched alkanes of at least 4 members (excludes halogenated alkanes) is 5. The number of carbonyl (C=O) groups is 1. The van der Waals surface area contributed by atoms with E-state index in [4.69, 9.17) is 10.0 Å². The minimum absolute atomic E-state index is 0.343. The van der Waals surface area contributed by atoms with Crippen molar-refractivity contribution in [2.45, 2.75) is 51.9 Å². The van der Waals surface area contributed by atoms with Gasteiger partial charge in [-0.15, -0.1) is 4.91 Å². The number of hydrogen-bond donors (Lipinski definition) is 1. The molecule has 0 saturated heterocycles. The van der Waals surface area contributed by atoms with Crippen LogP contribution in [0.25, 0.3) is 0 Å². The summed E-state index contributed by atoms with van der Waals surface area (Å²) in [7, 11) is 1.20. The second-order valence-corrected chi connectivity index (χ2v) is 3.68. The lowest BCUT2D eigenvalue weighted by Gasteiger charge is -2.00. The molecule has 0 amide bonds. The van der Waals surface area contributed by atoms with Crippen molar-refractivity contribution < 1.29 is 14.7 Å². The highest BCUT2D eigenvalue weighted by Gasteiger charge is 2.02. The van der Waals surface area contributed by atoms with Crippen LogP contribution < -0.4 is 0 Å². The Morgan fingerprint density at radius 2 is 1.71 bits per heavy atom. The molecule has 0 atom stereocenters. The fourth-order valence-electron chi connectivity index (χ4n) is 1.23. The quantitative estimate of drug-likeness (QED) is 0.291. The van der Waals surface area contributed by atoms with Crippen molar-refractivity contribution in [2.75, 3.05) is 7.11 Å². The van der Waals surface area contributed by atoms with Crippen LogP contribution in [0.3, 0.4) is 0 Å². The first-order valence-corrected chi connectivity index (χ1v) is 5.87. The van der Waals surface area contributed by atoms with E-state index in [1.54, 1.807) is 0 Å². The molecule has 0 aromatic heterocycles. The van der Waals surface area contributed by atoms with E-state index in [0.29, 0.717) is 12.0 Å². The smallest absolute Gasteiger partial charge is 0.330 e. The average Bonchev–Trinajstić information content (AvgIpc) is 2.33. The molecule has 100 valence electrons. The SMILES string of the molecule is C=C(CCCCCCCC)C(=O)O.CON=O. The molecule has 0 rings (SSSR count). The highest BCUT2D eigenvalue weighted by molar-refractivity contribution is 5.85. The highest BCUT2D eigenvalue weighted by atomic mass is 16.7. The van der Waals surface area contributed by atoms with Crippen LogP contribution in [0.15, 0.2) is 17.5 Å². The Balaban J connectivity index is 0. The zero-order chi connectivity index (χ0) is 13.5. The van der Waals surface area contributed by atoms with Gasteiger partial charge in [-0.2, -0.15) is 0 Å². The van der Waals surface area contributed by atoms with Gasteiger partial charge in [0.15, 0.2) is 5.34 Å². The molecule has 5 heteroatoms. The summed E-state index contributed by atoms with van der Waals surface area (Å²) in [5.41, 5.74) is 0.343. The first-order valence-electron chi connectivity index (χ1n) is 5.87. The Bertz CT molecular complexity index is 217. The molecule has 0 saturated carbocycles. The standard InChI is InChI=1S/C11H20O2.CH3NO2/c1-3-4-5-6-7-8-9-10(2)11(12)13;1-4-2-3/h2-9H2,1H3,(H,12,13);1H3. The number of nitrogens with zero attached hydrogens (tertiary/aromatic N) is 1. The Hall–Kier alpha value is -1.39. The average molecular weight is 245 g/mol. The van der Waals surface area contributed by atoms with Crippen LogP contribution in [-0.4, -0.2) is 18.2 Å². The molecule has 0 bridgehead atoms. The molecule has 0 heterocycles. The van der Waals surface area contributed by atoms with E-state index >= 15 is 0 Å². The van der Waals surface area contributed by atoms with Crippen LogP contribution in [0.5, 0.6) is 0 Å². The molecule has 0 aliphatic heterocycles. The molecule has 17 heavy (non-hydrogen) atoms. The van der Waals surface area contributed by atoms with Gasteiger partial charge in [0.2, 0.25) is 0 Å². The maximum atomic E-state index is 10.4. The lowest BCUT2D eigenvalue weighted by atomic mass is 10.1. The first kappa shape index (κ1) is 18.0. The Labute approximate surface area is 103 Å². The van der Waals surface area contributed by atoms with E-state index < -0.39 is 5.97 Å². The van der Waals surface area contributed by atoms with Crippen molar-refractivity contribution in [1.29, 1.82) is 0 Å². The number of aliphatic carboxylic acids is 1. The topological polar surface area (TPSA) is 76.0 Å². The van der Waals surface area contributed by atoms with Gasteiger partial charge in [-0.25, -0.2) is 4.79 Å². The van der Waals surface area contributed by atoms with Crippen LogP contribution in [0.4, 0.5) is 0 Å². The number of carboxylic acid groups (broad SMARTS) is 1. The van der Waals surface area contributed by atoms with Crippen LogP contribution in [0, 0.1) is 4.91 Å². The van der Waals surface area contributed by atoms with Gasteiger partial charge in [0, 0.05) is 5.57 Å². The Kier molecular flexibility index (Phi) is 15.5. The first-order chi connectivity index (χ1) is 8.09. The Morgan fingerprint density at radius 1 is 1.24 bits per heavy atom. The summed E-state index contributed by atoms with van der Waals surface area (Å²) in [5.74, 6) is -0.853. The van der Waals surface area contributed by atoms with Gasteiger partial charge < -0.3 is 9.94 Å². The summed E-state index contributed by atoms with van der Waals surface area (Å²) in [4.78, 5) is 22.7. The van der Waals surface area contributed by atoms with E-state index in [2.05, 4.69) is 18.3 Å². The van der Waals surface area contributed by atoms with Crippen molar-refractivity contribution in [3.63, 3.8) is 0 Å². The van der Waals surface area contributed by atoms with Crippen molar-refractivity contribution in [2.24, 2.45) is 5.34 Å². The molecule has 5 nitrogen and oxygen atoms in total. The molecule has 0 spiro atoms. The van der Waals surface area contributed by atoms with Crippen LogP contribution in [0.2, 0.25) is 0 Å². The van der Waals surface area contributed by atoms with Crippen LogP contribution in [0.1, 0.15) is 51.9 Å². The second-order valence-electron chi connectivity index (χ2n) is 3.68. The van der Waals surface area contributed by atoms with Crippen molar-refractivity contribution >= 4 is 5.97 Å². The summed E-state index contributed by atoms with van der Waals surface area (Å²) >= 11 is 0. The number of hydrogen-bond acceptors (Lipinski definition) is 4. The second kappa shape index (κ2) is 14.6. The van der Waals surface area contributed by atoms with Gasteiger partial charge in [-0.3, -0.25) is 0 Å². The van der Waals surface area contributed by atoms with E-state index in [1.165, 1.54) is 32.8 Å². The molecule has 0 unspecified atom stereocenters. The lowest BCUT2D eigenvalue weighted by Crippen LogP contribution is -1.98. The molecule has 0 aliphatic carbocycles. The third kappa shape index (κ3) is 17.2. The zero-order valence-corrected chi connectivity index (χ0v) is 10.8. The van der Waals surface area contributed by atoms with Crippen molar-refractivity contribution in [3.8, 4) is 0 Å². The van der Waals surface area contributed by atoms with Crippen molar-refractivity contribution in [3.05, 3.63) is 17.1 Å². The molecule has 0 aliphatic rings. The molecular formula is C12H23NO4. The molecule has 0 aromatic rings. The van der Waals surface area contributed by atoms with Crippen molar-refractivity contribution in [1.82, 2.24) is 0 Å². The van der Waals surface area contributed by atoms with E-state index in [9.17, 15) is 4.79 Å². The minimum Gasteiger partial charge on any atom is -0.478 e. The lowest BCUT2D eigenvalue weighted by molar-refractivity contribution is -0.132. The van der Waals surface area contributed by atoms with Gasteiger partial charge in [0.25, 0.3) is 0 Å². The summed E-state index contributed by atoms with van der Waals surface area (Å²) < 4.78 is 0. The molecular weight excluding hydrogens is 222 g/mol. The van der Waals surface area contributed by atoms with Gasteiger partial charge in [-0.05, 0) is 12.8 Å². The zero-order valence-electron chi connectivity index (χ0n) is 10.8. The predicted octanol–water partition coefficient (Wildman–Crippen LogP) is 3.69. The molecule has 0 aromatic carbocycles. The third-order valence-electron chi connectivity index (χ3n) is 2.21. The largest absolute Gasteiger partial charge is 0.478 e. The van der Waals surface area contributed by atoms with Crippen LogP contribution in [-0.2, 0) is 9.63 Å². The maximum absolute atomic E-state index is 10.4. The maximum Gasteiger partial charge on any atom is 0.330 e. The third-order valence-corrected chi connectivity index (χ3v) is 2.21. The number of carboxylic acids is 1.